The Hall–Kier alpha value is -1.68. The fraction of sp³-hybridized carbons (Fsp3) is 0.680. The van der Waals surface area contributed by atoms with E-state index in [1.165, 1.54) is 6.42 Å². The molecule has 0 aromatic heterocycles. The molecule has 29 heavy (non-hydrogen) atoms. The molecule has 0 spiro atoms. The molecular weight excluding hydrogens is 358 g/mol. The maximum absolute atomic E-state index is 13.8. The molecule has 1 aliphatic carbocycles. The van der Waals surface area contributed by atoms with Gasteiger partial charge in [-0.05, 0) is 61.0 Å². The van der Waals surface area contributed by atoms with E-state index in [0.29, 0.717) is 36.1 Å². The van der Waals surface area contributed by atoms with Gasteiger partial charge in [-0.25, -0.2) is 0 Å². The number of nitrogens with zero attached hydrogens (tertiary/aromatic N) is 2. The van der Waals surface area contributed by atoms with Crippen LogP contribution >= 0.6 is 0 Å². The van der Waals surface area contributed by atoms with E-state index in [-0.39, 0.29) is 11.9 Å². The molecule has 5 rings (SSSR count). The molecule has 2 fully saturated rings. The Morgan fingerprint density at radius 2 is 1.97 bits per heavy atom. The van der Waals surface area contributed by atoms with Crippen LogP contribution in [0.15, 0.2) is 35.3 Å². The predicted octanol–water partition coefficient (Wildman–Crippen LogP) is 4.15. The van der Waals surface area contributed by atoms with E-state index in [9.17, 15) is 4.79 Å². The first-order chi connectivity index (χ1) is 13.9. The number of aliphatic imine (C=N–C) groups is 1. The molecule has 158 valence electrons. The summed E-state index contributed by atoms with van der Waals surface area (Å²) in [6.45, 7) is 12.0. The number of hydrogen-bond acceptors (Lipinski definition) is 3. The van der Waals surface area contributed by atoms with Gasteiger partial charge in [0.15, 0.2) is 5.54 Å². The third kappa shape index (κ3) is 3.76. The first kappa shape index (κ1) is 20.6. The summed E-state index contributed by atoms with van der Waals surface area (Å²) >= 11 is 0. The minimum absolute atomic E-state index is 0.146. The normalized spacial score (nSPS) is 33.4. The number of rotatable bonds is 7. The second-order valence-electron chi connectivity index (χ2n) is 10.3. The van der Waals surface area contributed by atoms with Crippen LogP contribution < -0.4 is 5.32 Å². The number of nitrogens with one attached hydrogen (secondary N) is 1. The van der Waals surface area contributed by atoms with E-state index in [1.807, 2.05) is 18.2 Å². The largest absolute Gasteiger partial charge is 0.350 e. The van der Waals surface area contributed by atoms with Gasteiger partial charge < -0.3 is 5.32 Å². The first-order valence-corrected chi connectivity index (χ1v) is 11.5. The van der Waals surface area contributed by atoms with Crippen molar-refractivity contribution in [3.63, 3.8) is 0 Å². The Labute approximate surface area is 176 Å². The van der Waals surface area contributed by atoms with Crippen molar-refractivity contribution in [1.29, 1.82) is 0 Å². The van der Waals surface area contributed by atoms with Crippen molar-refractivity contribution < 1.29 is 4.79 Å². The van der Waals surface area contributed by atoms with Crippen LogP contribution in [0.5, 0.6) is 0 Å². The number of piperidine rings is 1. The Bertz CT molecular complexity index is 744. The lowest BCUT2D eigenvalue weighted by Gasteiger charge is -2.62. The van der Waals surface area contributed by atoms with Crippen LogP contribution in [-0.4, -0.2) is 41.7 Å². The fourth-order valence-corrected chi connectivity index (χ4v) is 6.23. The maximum Gasteiger partial charge on any atom is 0.250 e. The summed E-state index contributed by atoms with van der Waals surface area (Å²) < 4.78 is 0. The van der Waals surface area contributed by atoms with Crippen molar-refractivity contribution >= 4 is 12.1 Å². The quantitative estimate of drug-likeness (QED) is 0.754. The van der Waals surface area contributed by atoms with Crippen LogP contribution in [0, 0.1) is 29.6 Å². The van der Waals surface area contributed by atoms with Crippen molar-refractivity contribution in [1.82, 2.24) is 10.2 Å². The molecular formula is C25H37N3O. The van der Waals surface area contributed by atoms with Gasteiger partial charge >= 0.3 is 0 Å². The van der Waals surface area contributed by atoms with Crippen molar-refractivity contribution in [2.45, 2.75) is 65.1 Å². The lowest BCUT2D eigenvalue weighted by atomic mass is 9.54. The second kappa shape index (κ2) is 8.22. The molecule has 0 unspecified atom stereocenters. The summed E-state index contributed by atoms with van der Waals surface area (Å²) in [5.41, 5.74) is 0.546. The van der Waals surface area contributed by atoms with Crippen molar-refractivity contribution in [2.24, 2.45) is 34.6 Å². The Kier molecular flexibility index (Phi) is 5.83. The van der Waals surface area contributed by atoms with E-state index in [1.54, 1.807) is 0 Å². The van der Waals surface area contributed by atoms with Crippen LogP contribution in [0.25, 0.3) is 0 Å². The zero-order valence-electron chi connectivity index (χ0n) is 18.5. The number of benzene rings is 1. The highest BCUT2D eigenvalue weighted by molar-refractivity contribution is 5.91. The molecule has 1 saturated carbocycles. The molecule has 4 nitrogen and oxygen atoms in total. The zero-order chi connectivity index (χ0) is 20.6. The van der Waals surface area contributed by atoms with Gasteiger partial charge in [-0.1, -0.05) is 58.0 Å². The first-order valence-electron chi connectivity index (χ1n) is 11.5. The number of likely N-dealkylation sites (tertiary alicyclic amines) is 1. The Morgan fingerprint density at radius 3 is 2.66 bits per heavy atom. The molecule has 3 heterocycles. The summed E-state index contributed by atoms with van der Waals surface area (Å²) in [6, 6.07) is 10.5. The lowest BCUT2D eigenvalue weighted by Crippen LogP contribution is -2.74. The van der Waals surface area contributed by atoms with Crippen molar-refractivity contribution in [3.8, 4) is 0 Å². The van der Waals surface area contributed by atoms with Crippen LogP contribution in [0.3, 0.4) is 0 Å². The number of hydrogen-bond donors (Lipinski definition) is 1. The Balaban J connectivity index is 1.65. The molecule has 4 heteroatoms. The topological polar surface area (TPSA) is 44.7 Å². The summed E-state index contributed by atoms with van der Waals surface area (Å²) in [4.78, 5) is 21.5. The molecule has 1 aromatic carbocycles. The van der Waals surface area contributed by atoms with E-state index in [2.05, 4.69) is 56.3 Å². The van der Waals surface area contributed by atoms with Crippen molar-refractivity contribution in [3.05, 3.63) is 35.9 Å². The highest BCUT2D eigenvalue weighted by atomic mass is 16.2. The SMILES string of the molecule is CC(C)C[C@@H]1[C@@H]2C=N[C@@]3(C(=O)NCc4ccccc4)[C@H](CCN(CC(C)C)[C@@H]13)C2. The van der Waals surface area contributed by atoms with Gasteiger partial charge in [0.25, 0.3) is 0 Å². The maximum atomic E-state index is 13.8. The van der Waals surface area contributed by atoms with Gasteiger partial charge in [-0.2, -0.15) is 0 Å². The third-order valence-corrected chi connectivity index (χ3v) is 7.23. The van der Waals surface area contributed by atoms with E-state index < -0.39 is 5.54 Å². The summed E-state index contributed by atoms with van der Waals surface area (Å²) in [7, 11) is 0. The average molecular weight is 396 g/mol. The van der Waals surface area contributed by atoms with Gasteiger partial charge in [0.05, 0.1) is 0 Å². The van der Waals surface area contributed by atoms with E-state index in [4.69, 9.17) is 4.99 Å². The minimum Gasteiger partial charge on any atom is -0.350 e. The van der Waals surface area contributed by atoms with Crippen LogP contribution in [-0.2, 0) is 11.3 Å². The highest BCUT2D eigenvalue weighted by Gasteiger charge is 2.64. The summed E-state index contributed by atoms with van der Waals surface area (Å²) in [6.07, 6.45) is 5.55. The molecule has 4 aliphatic rings. The molecule has 5 atom stereocenters. The minimum atomic E-state index is -0.601. The molecule has 1 amide bonds. The molecule has 4 bridgehead atoms. The van der Waals surface area contributed by atoms with E-state index >= 15 is 0 Å². The molecule has 1 aromatic rings. The molecule has 1 N–H and O–H groups in total. The van der Waals surface area contributed by atoms with Gasteiger partial charge in [0.1, 0.15) is 0 Å². The summed E-state index contributed by atoms with van der Waals surface area (Å²) in [5, 5.41) is 3.28. The molecule has 1 saturated heterocycles. The van der Waals surface area contributed by atoms with Gasteiger partial charge in [-0.3, -0.25) is 14.7 Å². The van der Waals surface area contributed by atoms with Gasteiger partial charge in [-0.15, -0.1) is 0 Å². The van der Waals surface area contributed by atoms with Crippen LogP contribution in [0.1, 0.15) is 52.5 Å². The molecule has 3 aliphatic heterocycles. The third-order valence-electron chi connectivity index (χ3n) is 7.23. The zero-order valence-corrected chi connectivity index (χ0v) is 18.5. The van der Waals surface area contributed by atoms with Gasteiger partial charge in [0, 0.05) is 25.3 Å². The number of carbonyl (C=O) groups excluding carboxylic acids is 1. The predicted molar refractivity (Wildman–Crippen MR) is 119 cm³/mol. The summed E-state index contributed by atoms with van der Waals surface area (Å²) in [5.74, 6) is 2.83. The van der Waals surface area contributed by atoms with Crippen LogP contribution in [0.4, 0.5) is 0 Å². The monoisotopic (exact) mass is 395 g/mol. The second-order valence-corrected chi connectivity index (χ2v) is 10.3. The van der Waals surface area contributed by atoms with Crippen molar-refractivity contribution in [2.75, 3.05) is 13.1 Å². The lowest BCUT2D eigenvalue weighted by molar-refractivity contribution is -0.145. The smallest absolute Gasteiger partial charge is 0.250 e. The Morgan fingerprint density at radius 1 is 1.21 bits per heavy atom. The number of carbonyl (C=O) groups is 1. The highest BCUT2D eigenvalue weighted by Crippen LogP contribution is 2.54. The average Bonchev–Trinajstić information content (AvgIpc) is 2.70. The van der Waals surface area contributed by atoms with Gasteiger partial charge in [0.2, 0.25) is 5.91 Å². The molecule has 0 radical (unpaired) electrons. The van der Waals surface area contributed by atoms with Crippen LogP contribution in [0.2, 0.25) is 0 Å². The standard InChI is InChI=1S/C25H37N3O/c1-17(2)12-22-20-13-21-10-11-28(16-18(3)4)23(22)25(21,27-15-20)24(29)26-14-19-8-6-5-7-9-19/h5-9,15,17-18,20-23H,10-14,16H2,1-4H3,(H,26,29)/t20-,21+,22+,23-,25-/m0/s1. The fourth-order valence-electron chi connectivity index (χ4n) is 6.23. The van der Waals surface area contributed by atoms with E-state index in [0.717, 1.165) is 31.5 Å². The number of amides is 1.